The lowest BCUT2D eigenvalue weighted by Gasteiger charge is -2.29. The molecular weight excluding hydrogens is 288 g/mol. The summed E-state index contributed by atoms with van der Waals surface area (Å²) in [6.07, 6.45) is 1.96. The fraction of sp³-hybridized carbons (Fsp3) is 0.583. The first kappa shape index (κ1) is 13.8. The molecule has 1 rings (SSSR count). The number of halogens is 2. The number of alkyl halides is 1. The average Bonchev–Trinajstić information content (AvgIpc) is 2.24. The zero-order valence-electron chi connectivity index (χ0n) is 9.98. The lowest BCUT2D eigenvalue weighted by Crippen LogP contribution is -2.34. The number of aromatic nitrogens is 1. The van der Waals surface area contributed by atoms with E-state index in [4.69, 9.17) is 11.6 Å². The fourth-order valence-electron chi connectivity index (χ4n) is 1.46. The molecule has 4 heteroatoms. The van der Waals surface area contributed by atoms with Gasteiger partial charge in [-0.3, -0.25) is 0 Å². The minimum Gasteiger partial charge on any atom is -0.365 e. The Bertz CT molecular complexity index is 357. The molecule has 1 aromatic rings. The van der Waals surface area contributed by atoms with Gasteiger partial charge in [0.1, 0.15) is 5.82 Å². The summed E-state index contributed by atoms with van der Waals surface area (Å²) in [5, 5.41) is 3.46. The number of rotatable bonds is 5. The summed E-state index contributed by atoms with van der Waals surface area (Å²) < 4.78 is 1.04. The van der Waals surface area contributed by atoms with E-state index in [1.807, 2.05) is 19.1 Å². The van der Waals surface area contributed by atoms with E-state index < -0.39 is 0 Å². The van der Waals surface area contributed by atoms with Crippen LogP contribution in [0.3, 0.4) is 0 Å². The van der Waals surface area contributed by atoms with E-state index in [9.17, 15) is 0 Å². The van der Waals surface area contributed by atoms with Gasteiger partial charge < -0.3 is 5.32 Å². The van der Waals surface area contributed by atoms with E-state index in [-0.39, 0.29) is 5.54 Å². The lowest BCUT2D eigenvalue weighted by molar-refractivity contribution is 0.479. The summed E-state index contributed by atoms with van der Waals surface area (Å²) >= 11 is 9.26. The SMILES string of the molecule is CCC(C)(CCCl)Nc1ccc(Br)c(C)n1. The summed E-state index contributed by atoms with van der Waals surface area (Å²) in [4.78, 5) is 4.49. The Morgan fingerprint density at radius 3 is 2.69 bits per heavy atom. The van der Waals surface area contributed by atoms with Gasteiger partial charge in [0.25, 0.3) is 0 Å². The van der Waals surface area contributed by atoms with Crippen LogP contribution in [-0.2, 0) is 0 Å². The second kappa shape index (κ2) is 5.87. The Morgan fingerprint density at radius 1 is 1.50 bits per heavy atom. The Kier molecular flexibility index (Phi) is 5.06. The number of hydrogen-bond donors (Lipinski definition) is 1. The van der Waals surface area contributed by atoms with Crippen molar-refractivity contribution in [1.82, 2.24) is 4.98 Å². The number of hydrogen-bond acceptors (Lipinski definition) is 2. The van der Waals surface area contributed by atoms with Crippen molar-refractivity contribution < 1.29 is 0 Å². The third-order valence-electron chi connectivity index (χ3n) is 2.88. The number of nitrogens with zero attached hydrogens (tertiary/aromatic N) is 1. The monoisotopic (exact) mass is 304 g/mol. The van der Waals surface area contributed by atoms with E-state index in [1.54, 1.807) is 0 Å². The van der Waals surface area contributed by atoms with E-state index in [0.29, 0.717) is 5.88 Å². The van der Waals surface area contributed by atoms with Crippen LogP contribution in [0, 0.1) is 6.92 Å². The maximum atomic E-state index is 5.82. The largest absolute Gasteiger partial charge is 0.365 e. The van der Waals surface area contributed by atoms with E-state index in [1.165, 1.54) is 0 Å². The van der Waals surface area contributed by atoms with Crippen LogP contribution < -0.4 is 5.32 Å². The Balaban J connectivity index is 2.81. The molecule has 0 aliphatic carbocycles. The van der Waals surface area contributed by atoms with Gasteiger partial charge in [0.05, 0.1) is 5.69 Å². The molecule has 0 radical (unpaired) electrons. The van der Waals surface area contributed by atoms with Crippen molar-refractivity contribution in [3.8, 4) is 0 Å². The molecule has 0 aliphatic heterocycles. The highest BCUT2D eigenvalue weighted by Crippen LogP contribution is 2.23. The lowest BCUT2D eigenvalue weighted by atomic mass is 9.95. The summed E-state index contributed by atoms with van der Waals surface area (Å²) in [6, 6.07) is 4.00. The minimum absolute atomic E-state index is 0.0228. The first-order chi connectivity index (χ1) is 7.50. The zero-order chi connectivity index (χ0) is 12.2. The molecule has 1 heterocycles. The molecule has 16 heavy (non-hydrogen) atoms. The van der Waals surface area contributed by atoms with Gasteiger partial charge in [-0.15, -0.1) is 11.6 Å². The first-order valence-electron chi connectivity index (χ1n) is 5.48. The number of aryl methyl sites for hydroxylation is 1. The highest BCUT2D eigenvalue weighted by Gasteiger charge is 2.21. The molecule has 1 N–H and O–H groups in total. The van der Waals surface area contributed by atoms with Crippen molar-refractivity contribution in [3.63, 3.8) is 0 Å². The maximum Gasteiger partial charge on any atom is 0.126 e. The van der Waals surface area contributed by atoms with Gasteiger partial charge >= 0.3 is 0 Å². The smallest absolute Gasteiger partial charge is 0.126 e. The van der Waals surface area contributed by atoms with E-state index in [0.717, 1.165) is 28.8 Å². The molecular formula is C12H18BrClN2. The predicted molar refractivity (Wildman–Crippen MR) is 74.3 cm³/mol. The minimum atomic E-state index is 0.0228. The van der Waals surface area contributed by atoms with Crippen LogP contribution in [0.4, 0.5) is 5.82 Å². The van der Waals surface area contributed by atoms with Crippen molar-refractivity contribution in [3.05, 3.63) is 22.3 Å². The zero-order valence-corrected chi connectivity index (χ0v) is 12.3. The van der Waals surface area contributed by atoms with Crippen molar-refractivity contribution in [2.24, 2.45) is 0 Å². The molecule has 0 saturated heterocycles. The van der Waals surface area contributed by atoms with E-state index in [2.05, 4.69) is 40.1 Å². The first-order valence-corrected chi connectivity index (χ1v) is 6.81. The average molecular weight is 306 g/mol. The van der Waals surface area contributed by atoms with Gasteiger partial charge in [0.15, 0.2) is 0 Å². The molecule has 1 atom stereocenters. The van der Waals surface area contributed by atoms with Gasteiger partial charge in [0.2, 0.25) is 0 Å². The highest BCUT2D eigenvalue weighted by atomic mass is 79.9. The number of nitrogens with one attached hydrogen (secondary N) is 1. The van der Waals surface area contributed by atoms with Gasteiger partial charge in [-0.25, -0.2) is 4.98 Å². The molecule has 2 nitrogen and oxygen atoms in total. The second-order valence-corrected chi connectivity index (χ2v) is 5.47. The normalized spacial score (nSPS) is 14.6. The molecule has 0 amide bonds. The van der Waals surface area contributed by atoms with Crippen LogP contribution in [0.5, 0.6) is 0 Å². The Morgan fingerprint density at radius 2 is 2.19 bits per heavy atom. The molecule has 1 unspecified atom stereocenters. The van der Waals surface area contributed by atoms with Crippen LogP contribution in [-0.4, -0.2) is 16.4 Å². The molecule has 0 spiro atoms. The van der Waals surface area contributed by atoms with Crippen molar-refractivity contribution in [2.75, 3.05) is 11.2 Å². The van der Waals surface area contributed by atoms with Crippen LogP contribution >= 0.6 is 27.5 Å². The predicted octanol–water partition coefficient (Wildman–Crippen LogP) is 4.36. The number of anilines is 1. The molecule has 0 aliphatic rings. The third kappa shape index (κ3) is 3.63. The van der Waals surface area contributed by atoms with Crippen LogP contribution in [0.1, 0.15) is 32.4 Å². The van der Waals surface area contributed by atoms with Crippen molar-refractivity contribution >= 4 is 33.3 Å². The van der Waals surface area contributed by atoms with Gasteiger partial charge in [-0.2, -0.15) is 0 Å². The standard InChI is InChI=1S/C12H18BrClN2/c1-4-12(3,7-8-14)16-11-6-5-10(13)9(2)15-11/h5-6H,4,7-8H2,1-3H3,(H,15,16). The molecule has 0 saturated carbocycles. The van der Waals surface area contributed by atoms with Crippen molar-refractivity contribution in [2.45, 2.75) is 39.2 Å². The summed E-state index contributed by atoms with van der Waals surface area (Å²) in [6.45, 7) is 6.32. The summed E-state index contributed by atoms with van der Waals surface area (Å²) in [7, 11) is 0. The molecule has 0 bridgehead atoms. The maximum absolute atomic E-state index is 5.82. The van der Waals surface area contributed by atoms with Gasteiger partial charge in [-0.1, -0.05) is 6.92 Å². The van der Waals surface area contributed by atoms with Crippen LogP contribution in [0.2, 0.25) is 0 Å². The van der Waals surface area contributed by atoms with Crippen molar-refractivity contribution in [1.29, 1.82) is 0 Å². The quantitative estimate of drug-likeness (QED) is 0.818. The topological polar surface area (TPSA) is 24.9 Å². The van der Waals surface area contributed by atoms with E-state index >= 15 is 0 Å². The fourth-order valence-corrected chi connectivity index (χ4v) is 2.10. The third-order valence-corrected chi connectivity index (χ3v) is 3.90. The van der Waals surface area contributed by atoms with Gasteiger partial charge in [-0.05, 0) is 54.8 Å². The molecule has 0 fully saturated rings. The molecule has 90 valence electrons. The summed E-state index contributed by atoms with van der Waals surface area (Å²) in [5.41, 5.74) is 1.02. The Labute approximate surface area is 111 Å². The van der Waals surface area contributed by atoms with Crippen LogP contribution in [0.25, 0.3) is 0 Å². The second-order valence-electron chi connectivity index (χ2n) is 4.24. The van der Waals surface area contributed by atoms with Crippen LogP contribution in [0.15, 0.2) is 16.6 Å². The number of pyridine rings is 1. The van der Waals surface area contributed by atoms with Gasteiger partial charge in [0, 0.05) is 15.9 Å². The summed E-state index contributed by atoms with van der Waals surface area (Å²) in [5.74, 6) is 1.57. The molecule has 1 aromatic heterocycles. The highest BCUT2D eigenvalue weighted by molar-refractivity contribution is 9.10. The Hall–Kier alpha value is -0.280. The molecule has 0 aromatic carbocycles.